The minimum Gasteiger partial charge on any atom is -0.205 e. The number of hydrogen-bond acceptors (Lipinski definition) is 0. The van der Waals surface area contributed by atoms with Gasteiger partial charge in [0, 0.05) is 16.7 Å². The summed E-state index contributed by atoms with van der Waals surface area (Å²) < 4.78 is 70.6. The molecule has 0 bridgehead atoms. The highest BCUT2D eigenvalue weighted by Gasteiger charge is 2.33. The zero-order chi connectivity index (χ0) is 62.8. The molecule has 0 radical (unpaired) electrons. The van der Waals surface area contributed by atoms with Gasteiger partial charge in [-0.3, -0.25) is 0 Å². The van der Waals surface area contributed by atoms with Crippen molar-refractivity contribution in [2.24, 2.45) is 71.0 Å². The molecule has 4 atom stereocenters. The number of benzene rings is 4. The molecular weight excluding hydrogens is 1160 g/mol. The Bertz CT molecular complexity index is 2680. The zero-order valence-corrected chi connectivity index (χ0v) is 56.9. The summed E-state index contributed by atoms with van der Waals surface area (Å²) in [6, 6.07) is 14.9. The Hall–Kier alpha value is -3.64. The number of aryl methyl sites for hydroxylation is 4. The Morgan fingerprint density at radius 1 is 0.261 bits per heavy atom. The summed E-state index contributed by atoms with van der Waals surface area (Å²) in [5.41, 5.74) is 9.98. The third kappa shape index (κ3) is 17.5. The van der Waals surface area contributed by atoms with Crippen LogP contribution in [0.15, 0.2) is 72.8 Å². The fraction of sp³-hybridized carbons (Fsp3) is 0.600. The SMILES string of the molecule is Cc1ccc(C2=CCC(C3CCC(C)CC3)CC2)c(Cl)c1F.Cc1ccc(C2=CCC(C3CCC(C)CC3)CC2)c(F)c1Cl.Cc1ccc(C2=CCC(C3CCC(C)CC3)CC2)c(F)c1Cl.Cc1ccc(C2=CCC(C3CCC(C)CC3)CC2)c(F)c1F. The van der Waals surface area contributed by atoms with Crippen molar-refractivity contribution >= 4 is 57.1 Å². The predicted octanol–water partition coefficient (Wildman–Crippen LogP) is 26.7. The van der Waals surface area contributed by atoms with Crippen molar-refractivity contribution in [3.8, 4) is 0 Å². The van der Waals surface area contributed by atoms with Gasteiger partial charge in [-0.2, -0.15) is 0 Å². The Morgan fingerprint density at radius 2 is 0.511 bits per heavy atom. The second-order valence-corrected chi connectivity index (χ2v) is 30.5. The van der Waals surface area contributed by atoms with Gasteiger partial charge >= 0.3 is 0 Å². The molecule has 4 aromatic rings. The second kappa shape index (κ2) is 32.3. The van der Waals surface area contributed by atoms with Crippen molar-refractivity contribution in [3.05, 3.63) is 161 Å². The van der Waals surface area contributed by atoms with Crippen molar-refractivity contribution in [2.45, 2.75) is 235 Å². The van der Waals surface area contributed by atoms with Crippen LogP contribution in [0.2, 0.25) is 15.1 Å². The van der Waals surface area contributed by atoms with E-state index < -0.39 is 11.6 Å². The molecule has 0 spiro atoms. The minimum atomic E-state index is -0.693. The first-order valence-corrected chi connectivity index (χ1v) is 35.9. The lowest BCUT2D eigenvalue weighted by Crippen LogP contribution is -2.22. The van der Waals surface area contributed by atoms with Gasteiger partial charge < -0.3 is 0 Å². The van der Waals surface area contributed by atoms with Gasteiger partial charge in [-0.1, -0.05) is 187 Å². The van der Waals surface area contributed by atoms with E-state index in [0.29, 0.717) is 32.8 Å². The highest BCUT2D eigenvalue weighted by atomic mass is 35.5. The second-order valence-electron chi connectivity index (χ2n) is 29.4. The van der Waals surface area contributed by atoms with Gasteiger partial charge in [0.1, 0.15) is 17.5 Å². The van der Waals surface area contributed by atoms with Crippen LogP contribution in [0.3, 0.4) is 0 Å². The molecule has 4 aromatic carbocycles. The first-order valence-electron chi connectivity index (χ1n) is 34.8. The lowest BCUT2D eigenvalue weighted by Gasteiger charge is -2.34. The van der Waals surface area contributed by atoms with Crippen LogP contribution in [0.4, 0.5) is 22.0 Å². The van der Waals surface area contributed by atoms with Crippen molar-refractivity contribution in [2.75, 3.05) is 0 Å². The molecule has 12 rings (SSSR count). The molecule has 4 saturated carbocycles. The summed E-state index contributed by atoms with van der Waals surface area (Å²) in [7, 11) is 0. The topological polar surface area (TPSA) is 0 Å². The quantitative estimate of drug-likeness (QED) is 0.154. The smallest absolute Gasteiger partial charge is 0.166 e. The minimum absolute atomic E-state index is 0.238. The van der Waals surface area contributed by atoms with Gasteiger partial charge in [-0.15, -0.1) is 0 Å². The van der Waals surface area contributed by atoms with E-state index in [-0.39, 0.29) is 27.5 Å². The Labute approximate surface area is 543 Å². The Kier molecular flexibility index (Phi) is 25.2. The van der Waals surface area contributed by atoms with E-state index in [9.17, 15) is 22.0 Å². The van der Waals surface area contributed by atoms with Gasteiger partial charge in [-0.05, 0) is 277 Å². The lowest BCUT2D eigenvalue weighted by molar-refractivity contribution is 0.202. The molecule has 4 unspecified atom stereocenters. The average Bonchev–Trinajstić information content (AvgIpc) is 2.99. The van der Waals surface area contributed by atoms with Gasteiger partial charge in [0.15, 0.2) is 11.6 Å². The van der Waals surface area contributed by atoms with Gasteiger partial charge in [-0.25, -0.2) is 22.0 Å². The molecule has 8 aliphatic carbocycles. The van der Waals surface area contributed by atoms with Crippen molar-refractivity contribution in [1.29, 1.82) is 0 Å². The van der Waals surface area contributed by atoms with Crippen molar-refractivity contribution in [3.63, 3.8) is 0 Å². The van der Waals surface area contributed by atoms with Gasteiger partial charge in [0.2, 0.25) is 0 Å². The molecule has 4 fully saturated rings. The largest absolute Gasteiger partial charge is 0.205 e. The third-order valence-corrected chi connectivity index (χ3v) is 24.5. The maximum atomic E-state index is 14.4. The molecule has 480 valence electrons. The predicted molar refractivity (Wildman–Crippen MR) is 365 cm³/mol. The van der Waals surface area contributed by atoms with E-state index in [0.717, 1.165) is 162 Å². The van der Waals surface area contributed by atoms with Gasteiger partial charge in [0.05, 0.1) is 15.1 Å². The number of halogens is 8. The molecule has 0 nitrogen and oxygen atoms in total. The monoisotopic (exact) mass is 1260 g/mol. The molecule has 0 N–H and O–H groups in total. The van der Waals surface area contributed by atoms with Crippen LogP contribution >= 0.6 is 34.8 Å². The van der Waals surface area contributed by atoms with E-state index in [2.05, 4.69) is 52.0 Å². The first-order chi connectivity index (χ1) is 42.2. The Morgan fingerprint density at radius 3 is 0.795 bits per heavy atom. The highest BCUT2D eigenvalue weighted by molar-refractivity contribution is 6.33. The molecule has 8 heteroatoms. The summed E-state index contributed by atoms with van der Waals surface area (Å²) in [4.78, 5) is 0. The summed E-state index contributed by atoms with van der Waals surface area (Å²) in [5, 5.41) is 0.861. The van der Waals surface area contributed by atoms with Crippen LogP contribution in [0, 0.1) is 128 Å². The standard InChI is InChI=1S/3C20H26ClF.C20H26F2/c1-13-3-6-15(7-4-13)16-8-10-17(11-9-16)18-12-5-14(2)20(22)19(18)21;3*1-13-3-6-15(7-4-13)16-8-10-17(11-9-16)18-12-5-14(2)19(21)20(18)22/h4*5,10,12-13,15-16H,3-4,6-9,11H2,1-2H3. The summed E-state index contributed by atoms with van der Waals surface area (Å²) in [6.07, 6.45) is 44.2. The van der Waals surface area contributed by atoms with Crippen molar-refractivity contribution < 1.29 is 22.0 Å². The van der Waals surface area contributed by atoms with Gasteiger partial charge in [0.25, 0.3) is 0 Å². The molecule has 0 amide bonds. The van der Waals surface area contributed by atoms with Crippen LogP contribution in [0.1, 0.15) is 252 Å². The van der Waals surface area contributed by atoms with Crippen LogP contribution in [0.25, 0.3) is 22.3 Å². The summed E-state index contributed by atoms with van der Waals surface area (Å²) in [6.45, 7) is 16.6. The van der Waals surface area contributed by atoms with E-state index in [1.54, 1.807) is 26.0 Å². The van der Waals surface area contributed by atoms with Crippen molar-refractivity contribution in [1.82, 2.24) is 0 Å². The van der Waals surface area contributed by atoms with E-state index in [1.165, 1.54) is 128 Å². The maximum Gasteiger partial charge on any atom is 0.166 e. The first kappa shape index (κ1) is 68.7. The highest BCUT2D eigenvalue weighted by Crippen LogP contribution is 2.47. The van der Waals surface area contributed by atoms with E-state index in [1.807, 2.05) is 50.2 Å². The van der Waals surface area contributed by atoms with E-state index in [4.69, 9.17) is 34.8 Å². The lowest BCUT2D eigenvalue weighted by atomic mass is 9.71. The normalized spacial score (nSPS) is 29.3. The fourth-order valence-electron chi connectivity index (χ4n) is 16.7. The van der Waals surface area contributed by atoms with Crippen LogP contribution in [-0.4, -0.2) is 0 Å². The molecule has 8 aliphatic rings. The average molecular weight is 1270 g/mol. The zero-order valence-electron chi connectivity index (χ0n) is 54.7. The summed E-state index contributed by atoms with van der Waals surface area (Å²) in [5.74, 6) is 8.23. The molecule has 0 aliphatic heterocycles. The fourth-order valence-corrected chi connectivity index (χ4v) is 17.4. The maximum absolute atomic E-state index is 14.4. The molecule has 0 heterocycles. The summed E-state index contributed by atoms with van der Waals surface area (Å²) >= 11 is 18.3. The number of allylic oxidation sites excluding steroid dienone is 8. The molecule has 88 heavy (non-hydrogen) atoms. The molecule has 0 aromatic heterocycles. The third-order valence-electron chi connectivity index (χ3n) is 23.2. The Balaban J connectivity index is 0.000000140. The molecular formula is C80H104Cl3F5. The van der Waals surface area contributed by atoms with Crippen LogP contribution in [0.5, 0.6) is 0 Å². The number of rotatable bonds is 8. The van der Waals surface area contributed by atoms with E-state index >= 15 is 0 Å². The van der Waals surface area contributed by atoms with Crippen LogP contribution < -0.4 is 0 Å². The van der Waals surface area contributed by atoms with Crippen LogP contribution in [-0.2, 0) is 0 Å². The number of hydrogen-bond donors (Lipinski definition) is 0. The molecule has 0 saturated heterocycles.